The first-order valence-electron chi connectivity index (χ1n) is 25.2. The number of amides is 1. The molecule has 0 aromatic rings. The lowest BCUT2D eigenvalue weighted by atomic mass is 9.78. The van der Waals surface area contributed by atoms with Crippen LogP contribution in [0.25, 0.3) is 0 Å². The van der Waals surface area contributed by atoms with Crippen LogP contribution in [-0.2, 0) is 56.7 Å². The number of nitrogens with zero attached hydrogens (tertiary/aromatic N) is 1. The van der Waals surface area contributed by atoms with E-state index in [1.54, 1.807) is 54.4 Å². The molecule has 1 amide bonds. The SMILES string of the molecule is COC1C(=O)[C@H](C)C[C@H](C)C=C/C=C\C=C(/C)[C@@H](OC)C[C@@H]2CC[C@@H](C)[C@@](O)(O2)C(=O)C(=O)N2CCCC[C@H]2C(=O)O[C@H]([C@H](C)C[C@@H]2CC[C@@H](OP(C)(C)=O)[C@H](OC)C2)CC(=O)[C@H](C)/C=C(\C)[C@H]1O. The predicted molar refractivity (Wildman–Crippen MR) is 263 cm³/mol. The molecular weight excluding hydrogens is 906 g/mol. The molecule has 3 heterocycles. The van der Waals surface area contributed by atoms with Gasteiger partial charge in [-0.3, -0.25) is 23.7 Å². The summed E-state index contributed by atoms with van der Waals surface area (Å²) >= 11 is 0. The van der Waals surface area contributed by atoms with Crippen molar-refractivity contribution >= 4 is 36.6 Å². The van der Waals surface area contributed by atoms with Crippen molar-refractivity contribution in [3.63, 3.8) is 0 Å². The van der Waals surface area contributed by atoms with Gasteiger partial charge in [-0.15, -0.1) is 0 Å². The van der Waals surface area contributed by atoms with Crippen molar-refractivity contribution in [2.45, 2.75) is 180 Å². The van der Waals surface area contributed by atoms with Crippen molar-refractivity contribution in [3.05, 3.63) is 47.6 Å². The molecule has 1 aliphatic carbocycles. The molecule has 3 aliphatic heterocycles. The fourth-order valence-corrected chi connectivity index (χ4v) is 11.4. The fourth-order valence-electron chi connectivity index (χ4n) is 10.5. The number of Topliss-reactive ketones (excluding diaryl/α,β-unsaturated/α-hetero) is 3. The number of carbonyl (C=O) groups excluding carboxylic acids is 5. The van der Waals surface area contributed by atoms with Crippen molar-refractivity contribution in [1.29, 1.82) is 0 Å². The number of allylic oxidation sites excluding steroid dienone is 6. The number of aliphatic hydroxyl groups is 2. The Morgan fingerprint density at radius 3 is 2.22 bits per heavy atom. The van der Waals surface area contributed by atoms with Crippen LogP contribution in [0.15, 0.2) is 47.6 Å². The predicted octanol–water partition coefficient (Wildman–Crippen LogP) is 7.74. The number of hydrogen-bond donors (Lipinski definition) is 2. The van der Waals surface area contributed by atoms with E-state index in [0.29, 0.717) is 63.4 Å². The van der Waals surface area contributed by atoms with Gasteiger partial charge in [0.15, 0.2) is 13.2 Å². The van der Waals surface area contributed by atoms with Crippen LogP contribution in [0.4, 0.5) is 0 Å². The number of fused-ring (bicyclic) bond motifs is 3. The summed E-state index contributed by atoms with van der Waals surface area (Å²) in [7, 11) is 1.76. The number of piperidine rings is 1. The summed E-state index contributed by atoms with van der Waals surface area (Å²) in [4.78, 5) is 72.2. The second-order valence-electron chi connectivity index (χ2n) is 20.9. The zero-order valence-electron chi connectivity index (χ0n) is 43.4. The van der Waals surface area contributed by atoms with Crippen LogP contribution in [0.2, 0.25) is 0 Å². The number of ketones is 3. The third-order valence-corrected chi connectivity index (χ3v) is 15.6. The maximum absolute atomic E-state index is 14.5. The number of aliphatic hydroxyl groups excluding tert-OH is 1. The molecule has 3 fully saturated rings. The molecule has 1 saturated carbocycles. The monoisotopic (exact) mass is 990 g/mol. The highest BCUT2D eigenvalue weighted by molar-refractivity contribution is 7.57. The van der Waals surface area contributed by atoms with Gasteiger partial charge < -0.3 is 43.3 Å². The number of rotatable bonds is 8. The van der Waals surface area contributed by atoms with Gasteiger partial charge in [0.1, 0.15) is 30.1 Å². The van der Waals surface area contributed by atoms with E-state index in [1.807, 2.05) is 58.1 Å². The van der Waals surface area contributed by atoms with Crippen molar-refractivity contribution in [1.82, 2.24) is 4.90 Å². The first kappa shape index (κ1) is 58.4. The lowest BCUT2D eigenvalue weighted by Gasteiger charge is -2.42. The van der Waals surface area contributed by atoms with Crippen LogP contribution in [0.1, 0.15) is 126 Å². The molecule has 69 heavy (non-hydrogen) atoms. The van der Waals surface area contributed by atoms with Crippen LogP contribution in [0.5, 0.6) is 0 Å². The number of ether oxygens (including phenoxy) is 5. The molecule has 2 N–H and O–H groups in total. The summed E-state index contributed by atoms with van der Waals surface area (Å²) in [5.41, 5.74) is 1.25. The molecule has 4 aliphatic rings. The van der Waals surface area contributed by atoms with Crippen molar-refractivity contribution in [2.75, 3.05) is 41.2 Å². The largest absolute Gasteiger partial charge is 0.460 e. The average molecular weight is 990 g/mol. The highest BCUT2D eigenvalue weighted by atomic mass is 31.2. The Morgan fingerprint density at radius 2 is 1.57 bits per heavy atom. The highest BCUT2D eigenvalue weighted by Crippen LogP contribution is 2.45. The molecule has 0 radical (unpaired) electrons. The smallest absolute Gasteiger partial charge is 0.329 e. The Kier molecular flexibility index (Phi) is 22.5. The van der Waals surface area contributed by atoms with Gasteiger partial charge in [0.2, 0.25) is 5.79 Å². The van der Waals surface area contributed by atoms with Crippen LogP contribution in [0, 0.1) is 35.5 Å². The maximum atomic E-state index is 14.5. The van der Waals surface area contributed by atoms with Crippen molar-refractivity contribution < 1.29 is 67.0 Å². The first-order chi connectivity index (χ1) is 32.4. The fraction of sp³-hybridized carbons (Fsp3) is 0.755. The summed E-state index contributed by atoms with van der Waals surface area (Å²) in [6, 6.07) is -1.16. The lowest BCUT2D eigenvalue weighted by Crippen LogP contribution is -2.61. The molecule has 390 valence electrons. The summed E-state index contributed by atoms with van der Waals surface area (Å²) in [6.07, 6.45) is 11.4. The number of hydrogen-bond acceptors (Lipinski definition) is 14. The van der Waals surface area contributed by atoms with E-state index in [-0.39, 0.29) is 60.9 Å². The highest BCUT2D eigenvalue weighted by Gasteiger charge is 2.53. The van der Waals surface area contributed by atoms with Crippen molar-refractivity contribution in [2.24, 2.45) is 35.5 Å². The van der Waals surface area contributed by atoms with E-state index < -0.39 is 85.1 Å². The van der Waals surface area contributed by atoms with Crippen molar-refractivity contribution in [3.8, 4) is 0 Å². The molecule has 1 unspecified atom stereocenters. The second kappa shape index (κ2) is 26.5. The van der Waals surface area contributed by atoms with Gasteiger partial charge in [0, 0.05) is 71.8 Å². The Bertz CT molecular complexity index is 1940. The lowest BCUT2D eigenvalue weighted by molar-refractivity contribution is -0.265. The van der Waals surface area contributed by atoms with E-state index in [1.165, 1.54) is 12.0 Å². The standard InChI is InChI=1S/C53H84NO14P/c1-32-18-14-13-15-19-33(2)44(63-8)30-40-23-21-38(7)53(61,67-40)50(58)51(59)54-25-17-16-20-41(54)52(60)66-45(35(4)28-39-22-24-43(46(29-39)64-9)68-69(11,12)62)31-42(55)34(3)27-37(6)48(57)49(65-10)47(56)36(5)26-32/h13-15,18-19,27,32,34-36,38-41,43-46,48-49,57,61H,16-17,20-26,28-31H2,1-12H3/b15-13-,18-14?,33-19+,37-27+/t32-,34-,35-,36-,38-,39+,40+,41+,43-,44+,45+,46-,48-,49?,53-/m1/s1. The van der Waals surface area contributed by atoms with Crippen LogP contribution in [-0.4, -0.2) is 140 Å². The van der Waals surface area contributed by atoms with Gasteiger partial charge in [0.05, 0.1) is 24.4 Å². The molecule has 0 aromatic carbocycles. The van der Waals surface area contributed by atoms with E-state index in [0.717, 1.165) is 12.0 Å². The minimum atomic E-state index is -2.79. The number of cyclic esters (lactones) is 1. The molecule has 0 aromatic heterocycles. The van der Waals surface area contributed by atoms with E-state index >= 15 is 0 Å². The summed E-state index contributed by atoms with van der Waals surface area (Å²) in [6.45, 7) is 15.9. The second-order valence-corrected chi connectivity index (χ2v) is 23.6. The molecule has 15 atom stereocenters. The number of esters is 1. The molecule has 4 rings (SSSR count). The molecule has 2 bridgehead atoms. The third-order valence-electron chi connectivity index (χ3n) is 14.8. The van der Waals surface area contributed by atoms with Gasteiger partial charge in [-0.1, -0.05) is 71.1 Å². The average Bonchev–Trinajstić information content (AvgIpc) is 3.30. The quantitative estimate of drug-likeness (QED) is 0.104. The maximum Gasteiger partial charge on any atom is 0.329 e. The van der Waals surface area contributed by atoms with E-state index in [9.17, 15) is 38.8 Å². The number of methoxy groups -OCH3 is 3. The Hall–Kier alpha value is -3.14. The summed E-state index contributed by atoms with van der Waals surface area (Å²) < 4.78 is 48.2. The third kappa shape index (κ3) is 16.2. The van der Waals surface area contributed by atoms with Gasteiger partial charge in [-0.25, -0.2) is 4.79 Å². The Morgan fingerprint density at radius 1 is 0.855 bits per heavy atom. The molecule has 16 heteroatoms. The minimum Gasteiger partial charge on any atom is -0.460 e. The van der Waals surface area contributed by atoms with E-state index in [2.05, 4.69) is 0 Å². The minimum absolute atomic E-state index is 0.0117. The zero-order valence-corrected chi connectivity index (χ0v) is 44.3. The molecular formula is C53H84NO14P. The Labute approximate surface area is 411 Å². The van der Waals surface area contributed by atoms with Gasteiger partial charge in [-0.2, -0.15) is 0 Å². The molecule has 2 saturated heterocycles. The zero-order chi connectivity index (χ0) is 51.4. The molecule has 0 spiro atoms. The normalized spacial score (nSPS) is 38.6. The Balaban J connectivity index is 1.70. The number of carbonyl (C=O) groups is 5. The first-order valence-corrected chi connectivity index (χ1v) is 27.7. The van der Waals surface area contributed by atoms with Gasteiger partial charge in [-0.05, 0) is 107 Å². The van der Waals surface area contributed by atoms with Crippen LogP contribution < -0.4 is 0 Å². The van der Waals surface area contributed by atoms with Crippen LogP contribution >= 0.6 is 7.37 Å². The van der Waals surface area contributed by atoms with E-state index in [4.69, 9.17) is 28.2 Å². The molecule has 15 nitrogen and oxygen atoms in total. The summed E-state index contributed by atoms with van der Waals surface area (Å²) in [5.74, 6) is -8.11. The van der Waals surface area contributed by atoms with Gasteiger partial charge >= 0.3 is 5.97 Å². The summed E-state index contributed by atoms with van der Waals surface area (Å²) in [5, 5.41) is 23.5. The topological polar surface area (TPSA) is 201 Å². The van der Waals surface area contributed by atoms with Crippen LogP contribution in [0.3, 0.4) is 0 Å². The van der Waals surface area contributed by atoms with Gasteiger partial charge in [0.25, 0.3) is 11.7 Å².